The first kappa shape index (κ1) is 24.1. The zero-order chi connectivity index (χ0) is 18.6. The number of nitrogens with zero attached hydrogens (tertiary/aromatic N) is 2. The number of ether oxygens (including phenoxy) is 1. The Kier molecular flexibility index (Phi) is 9.38. The van der Waals surface area contributed by atoms with Crippen LogP contribution in [0.5, 0.6) is 5.75 Å². The monoisotopic (exact) mass is 458 g/mol. The van der Waals surface area contributed by atoms with Crippen molar-refractivity contribution >= 4 is 42.1 Å². The first-order valence-corrected chi connectivity index (χ1v) is 10.2. The molecule has 0 saturated carbocycles. The van der Waals surface area contributed by atoms with Crippen molar-refractivity contribution in [2.24, 2.45) is 0 Å². The summed E-state index contributed by atoms with van der Waals surface area (Å²) in [7, 11) is 0. The number of piperazine rings is 1. The second-order valence-electron chi connectivity index (χ2n) is 7.52. The van der Waals surface area contributed by atoms with E-state index in [1.54, 1.807) is 0 Å². The Balaban J connectivity index is 0.00000150. The van der Waals surface area contributed by atoms with Gasteiger partial charge in [0, 0.05) is 43.4 Å². The zero-order valence-electron chi connectivity index (χ0n) is 16.4. The van der Waals surface area contributed by atoms with Gasteiger partial charge < -0.3 is 14.7 Å². The van der Waals surface area contributed by atoms with Gasteiger partial charge >= 0.3 is 0 Å². The Morgan fingerprint density at radius 2 is 1.72 bits per heavy atom. The molecule has 4 rings (SSSR count). The van der Waals surface area contributed by atoms with Gasteiger partial charge in [-0.2, -0.15) is 0 Å². The maximum Gasteiger partial charge on any atom is 0.119 e. The van der Waals surface area contributed by atoms with Crippen molar-refractivity contribution in [1.82, 2.24) is 4.90 Å². The summed E-state index contributed by atoms with van der Waals surface area (Å²) >= 11 is 6.09. The summed E-state index contributed by atoms with van der Waals surface area (Å²) in [6.45, 7) is 4.74. The fourth-order valence-corrected chi connectivity index (χ4v) is 4.23. The fraction of sp³-hybridized carbons (Fsp3) is 0.455. The summed E-state index contributed by atoms with van der Waals surface area (Å²) in [4.78, 5) is 4.65. The van der Waals surface area contributed by atoms with Crippen molar-refractivity contribution in [3.8, 4) is 5.75 Å². The molecule has 2 aliphatic rings. The van der Waals surface area contributed by atoms with Crippen LogP contribution in [0.15, 0.2) is 42.5 Å². The first-order valence-electron chi connectivity index (χ1n) is 9.83. The quantitative estimate of drug-likeness (QED) is 0.701. The fourth-order valence-electron chi connectivity index (χ4n) is 4.04. The van der Waals surface area contributed by atoms with Crippen LogP contribution >= 0.6 is 36.4 Å². The third kappa shape index (κ3) is 6.40. The topological polar surface area (TPSA) is 35.9 Å². The van der Waals surface area contributed by atoms with E-state index in [0.717, 1.165) is 43.4 Å². The van der Waals surface area contributed by atoms with E-state index in [0.29, 0.717) is 13.2 Å². The molecule has 1 heterocycles. The minimum Gasteiger partial charge on any atom is -0.491 e. The van der Waals surface area contributed by atoms with Crippen LogP contribution in [0, 0.1) is 0 Å². The summed E-state index contributed by atoms with van der Waals surface area (Å²) in [5, 5.41) is 11.2. The Morgan fingerprint density at radius 1 is 0.966 bits per heavy atom. The van der Waals surface area contributed by atoms with Crippen molar-refractivity contribution in [2.75, 3.05) is 44.2 Å². The maximum absolute atomic E-state index is 10.4. The molecule has 1 aliphatic heterocycles. The number of fused-ring (bicyclic) bond motifs is 1. The summed E-state index contributed by atoms with van der Waals surface area (Å²) in [5.41, 5.74) is 4.02. The Labute approximate surface area is 190 Å². The molecule has 29 heavy (non-hydrogen) atoms. The normalized spacial score (nSPS) is 17.1. The van der Waals surface area contributed by atoms with E-state index < -0.39 is 6.10 Å². The molecule has 0 amide bonds. The second kappa shape index (κ2) is 11.3. The molecule has 4 nitrogen and oxygen atoms in total. The highest BCUT2D eigenvalue weighted by molar-refractivity contribution is 6.30. The summed E-state index contributed by atoms with van der Waals surface area (Å²) in [6.07, 6.45) is 3.09. The summed E-state index contributed by atoms with van der Waals surface area (Å²) < 4.78 is 5.84. The molecule has 2 aromatic carbocycles. The summed E-state index contributed by atoms with van der Waals surface area (Å²) in [6, 6.07) is 14.3. The van der Waals surface area contributed by atoms with Crippen molar-refractivity contribution < 1.29 is 9.84 Å². The zero-order valence-corrected chi connectivity index (χ0v) is 18.8. The number of β-amino-alcohol motifs (C(OH)–C–C–N with tert-alkyl or cyclic N) is 1. The molecular formula is C22H29Cl3N2O2. The van der Waals surface area contributed by atoms with Gasteiger partial charge in [0.05, 0.1) is 0 Å². The predicted octanol–water partition coefficient (Wildman–Crippen LogP) is 4.23. The van der Waals surface area contributed by atoms with Crippen molar-refractivity contribution in [1.29, 1.82) is 0 Å². The molecule has 1 saturated heterocycles. The summed E-state index contributed by atoms with van der Waals surface area (Å²) in [5.74, 6) is 0.875. The van der Waals surface area contributed by atoms with Gasteiger partial charge in [0.25, 0.3) is 0 Å². The number of aliphatic hydroxyl groups excluding tert-OH is 1. The van der Waals surface area contributed by atoms with Crippen LogP contribution in [0.25, 0.3) is 0 Å². The van der Waals surface area contributed by atoms with Crippen LogP contribution in [0.3, 0.4) is 0 Å². The van der Waals surface area contributed by atoms with Crippen LogP contribution in [0.4, 0.5) is 5.69 Å². The molecule has 1 N–H and O–H groups in total. The van der Waals surface area contributed by atoms with Gasteiger partial charge in [-0.15, -0.1) is 24.8 Å². The standard InChI is InChI=1S/C22H27ClN2O2.2ClH/c23-19-5-2-6-20(14-19)25-11-9-24(10-12-25)15-21(26)16-27-22-8-7-17-3-1-4-18(17)13-22;;/h2,5-8,13-14,21,26H,1,3-4,9-12,15-16H2;2*1H. The highest BCUT2D eigenvalue weighted by Crippen LogP contribution is 2.26. The average Bonchev–Trinajstić information content (AvgIpc) is 3.15. The van der Waals surface area contributed by atoms with E-state index in [4.69, 9.17) is 16.3 Å². The minimum atomic E-state index is -0.476. The second-order valence-corrected chi connectivity index (χ2v) is 7.95. The molecule has 1 fully saturated rings. The minimum absolute atomic E-state index is 0. The Bertz CT molecular complexity index is 782. The van der Waals surface area contributed by atoms with Crippen molar-refractivity contribution in [2.45, 2.75) is 25.4 Å². The molecule has 0 aromatic heterocycles. The molecule has 7 heteroatoms. The number of rotatable bonds is 6. The molecule has 1 aliphatic carbocycles. The van der Waals surface area contributed by atoms with Gasteiger partial charge in [-0.3, -0.25) is 4.90 Å². The SMILES string of the molecule is Cl.Cl.OC(COc1ccc2c(c1)CCC2)CN1CCN(c2cccc(Cl)c2)CC1. The van der Waals surface area contributed by atoms with E-state index >= 15 is 0 Å². The lowest BCUT2D eigenvalue weighted by atomic mass is 10.1. The molecule has 0 spiro atoms. The number of aryl methyl sites for hydroxylation is 2. The third-order valence-electron chi connectivity index (χ3n) is 5.53. The highest BCUT2D eigenvalue weighted by atomic mass is 35.5. The van der Waals surface area contributed by atoms with E-state index in [-0.39, 0.29) is 24.8 Å². The van der Waals surface area contributed by atoms with Crippen LogP contribution in [0.2, 0.25) is 5.02 Å². The number of hydrogen-bond acceptors (Lipinski definition) is 4. The molecule has 1 atom stereocenters. The predicted molar refractivity (Wildman–Crippen MR) is 125 cm³/mol. The van der Waals surface area contributed by atoms with Crippen LogP contribution in [-0.4, -0.2) is 55.4 Å². The molecule has 160 valence electrons. The van der Waals surface area contributed by atoms with Crippen molar-refractivity contribution in [3.05, 3.63) is 58.6 Å². The smallest absolute Gasteiger partial charge is 0.119 e. The number of anilines is 1. The highest BCUT2D eigenvalue weighted by Gasteiger charge is 2.20. The average molecular weight is 460 g/mol. The van der Waals surface area contributed by atoms with Gasteiger partial charge in [-0.25, -0.2) is 0 Å². The maximum atomic E-state index is 10.4. The molecular weight excluding hydrogens is 431 g/mol. The van der Waals surface area contributed by atoms with Crippen LogP contribution in [0.1, 0.15) is 17.5 Å². The molecule has 2 aromatic rings. The number of aliphatic hydroxyl groups is 1. The number of benzene rings is 2. The molecule has 1 unspecified atom stereocenters. The van der Waals surface area contributed by atoms with E-state index in [1.165, 1.54) is 29.7 Å². The Hall–Kier alpha value is -1.17. The van der Waals surface area contributed by atoms with E-state index in [2.05, 4.69) is 28.0 Å². The van der Waals surface area contributed by atoms with Gasteiger partial charge in [0.1, 0.15) is 18.5 Å². The van der Waals surface area contributed by atoms with E-state index in [1.807, 2.05) is 24.3 Å². The lowest BCUT2D eigenvalue weighted by Crippen LogP contribution is -2.49. The largest absolute Gasteiger partial charge is 0.491 e. The molecule has 0 bridgehead atoms. The van der Waals surface area contributed by atoms with Gasteiger partial charge in [0.2, 0.25) is 0 Å². The van der Waals surface area contributed by atoms with Gasteiger partial charge in [0.15, 0.2) is 0 Å². The lowest BCUT2D eigenvalue weighted by molar-refractivity contribution is 0.0663. The van der Waals surface area contributed by atoms with Gasteiger partial charge in [-0.1, -0.05) is 23.7 Å². The Morgan fingerprint density at radius 3 is 2.48 bits per heavy atom. The van der Waals surface area contributed by atoms with Crippen LogP contribution in [-0.2, 0) is 12.8 Å². The first-order chi connectivity index (χ1) is 13.2. The van der Waals surface area contributed by atoms with Gasteiger partial charge in [-0.05, 0) is 60.7 Å². The molecule has 0 radical (unpaired) electrons. The third-order valence-corrected chi connectivity index (χ3v) is 5.76. The van der Waals surface area contributed by atoms with Crippen LogP contribution < -0.4 is 9.64 Å². The van der Waals surface area contributed by atoms with E-state index in [9.17, 15) is 5.11 Å². The number of halogens is 3. The van der Waals surface area contributed by atoms with Crippen molar-refractivity contribution in [3.63, 3.8) is 0 Å². The number of hydrogen-bond donors (Lipinski definition) is 1. The lowest BCUT2D eigenvalue weighted by Gasteiger charge is -2.36.